The average molecular weight is 523 g/mol. The van der Waals surface area contributed by atoms with E-state index >= 15 is 4.39 Å². The Labute approximate surface area is 224 Å². The molecule has 0 N–H and O–H groups in total. The van der Waals surface area contributed by atoms with E-state index in [-0.39, 0.29) is 23.2 Å². The number of rotatable bonds is 12. The number of hydrogen-bond donors (Lipinski definition) is 0. The van der Waals surface area contributed by atoms with Crippen LogP contribution in [0.4, 0.5) is 13.2 Å². The highest BCUT2D eigenvalue weighted by Gasteiger charge is 2.23. The first-order valence-corrected chi connectivity index (χ1v) is 13.7. The largest absolute Gasteiger partial charge is 0.490 e. The zero-order valence-corrected chi connectivity index (χ0v) is 22.2. The van der Waals surface area contributed by atoms with Crippen LogP contribution in [0.25, 0.3) is 22.3 Å². The molecule has 0 bridgehead atoms. The zero-order chi connectivity index (χ0) is 26.9. The van der Waals surface area contributed by atoms with E-state index in [1.807, 2.05) is 12.1 Å². The van der Waals surface area contributed by atoms with Crippen LogP contribution in [0.3, 0.4) is 0 Å². The maximum Gasteiger partial charge on any atom is 0.201 e. The van der Waals surface area contributed by atoms with Gasteiger partial charge >= 0.3 is 0 Å². The van der Waals surface area contributed by atoms with Crippen molar-refractivity contribution in [2.75, 3.05) is 13.2 Å². The Bertz CT molecular complexity index is 1200. The summed E-state index contributed by atoms with van der Waals surface area (Å²) in [6, 6.07) is 15.0. The van der Waals surface area contributed by atoms with Gasteiger partial charge < -0.3 is 9.47 Å². The Balaban J connectivity index is 1.41. The molecule has 0 radical (unpaired) electrons. The molecule has 0 aromatic heterocycles. The monoisotopic (exact) mass is 522 g/mol. The first-order valence-electron chi connectivity index (χ1n) is 13.7. The van der Waals surface area contributed by atoms with E-state index in [9.17, 15) is 8.78 Å². The molecular formula is C33H37F3O2. The van der Waals surface area contributed by atoms with Crippen molar-refractivity contribution < 1.29 is 22.6 Å². The van der Waals surface area contributed by atoms with Gasteiger partial charge in [-0.1, -0.05) is 68.7 Å². The first-order chi connectivity index (χ1) is 18.5. The summed E-state index contributed by atoms with van der Waals surface area (Å²) < 4.78 is 56.0. The van der Waals surface area contributed by atoms with Crippen LogP contribution in [-0.4, -0.2) is 13.2 Å². The Morgan fingerprint density at radius 2 is 1.63 bits per heavy atom. The Kier molecular flexibility index (Phi) is 10.1. The Morgan fingerprint density at radius 1 is 0.895 bits per heavy atom. The zero-order valence-electron chi connectivity index (χ0n) is 22.2. The normalized spacial score (nSPS) is 17.4. The molecule has 0 saturated carbocycles. The number of benzene rings is 3. The quantitative estimate of drug-likeness (QED) is 0.174. The minimum Gasteiger partial charge on any atom is -0.490 e. The van der Waals surface area contributed by atoms with E-state index in [0.717, 1.165) is 56.9 Å². The molecule has 1 aliphatic heterocycles. The van der Waals surface area contributed by atoms with Crippen LogP contribution in [0.15, 0.2) is 67.3 Å². The number of unbranched alkanes of at least 4 members (excludes halogenated alkanes) is 3. The fourth-order valence-corrected chi connectivity index (χ4v) is 5.02. The van der Waals surface area contributed by atoms with E-state index in [1.54, 1.807) is 36.4 Å². The second-order valence-corrected chi connectivity index (χ2v) is 10.1. The highest BCUT2D eigenvalue weighted by molar-refractivity contribution is 5.71. The molecular weight excluding hydrogens is 485 g/mol. The predicted molar refractivity (Wildman–Crippen MR) is 148 cm³/mol. The van der Waals surface area contributed by atoms with E-state index in [0.29, 0.717) is 35.8 Å². The van der Waals surface area contributed by atoms with Crippen LogP contribution in [-0.2, 0) is 4.74 Å². The molecule has 2 nitrogen and oxygen atoms in total. The number of ether oxygens (including phenoxy) is 2. The van der Waals surface area contributed by atoms with E-state index in [2.05, 4.69) is 13.5 Å². The van der Waals surface area contributed by atoms with Gasteiger partial charge in [-0.2, -0.15) is 4.39 Å². The van der Waals surface area contributed by atoms with Gasteiger partial charge in [0.1, 0.15) is 5.82 Å². The molecule has 0 amide bonds. The van der Waals surface area contributed by atoms with Crippen LogP contribution < -0.4 is 4.74 Å². The molecule has 5 heteroatoms. The van der Waals surface area contributed by atoms with E-state index in [4.69, 9.17) is 9.47 Å². The molecule has 1 aliphatic rings. The summed E-state index contributed by atoms with van der Waals surface area (Å²) in [6.07, 6.45) is 9.84. The smallest absolute Gasteiger partial charge is 0.201 e. The van der Waals surface area contributed by atoms with Crippen molar-refractivity contribution in [3.05, 3.63) is 90.3 Å². The third kappa shape index (κ3) is 6.87. The van der Waals surface area contributed by atoms with Gasteiger partial charge in [-0.25, -0.2) is 8.78 Å². The lowest BCUT2D eigenvalue weighted by atomic mass is 9.91. The highest BCUT2D eigenvalue weighted by Crippen LogP contribution is 2.36. The lowest BCUT2D eigenvalue weighted by Crippen LogP contribution is -2.20. The lowest BCUT2D eigenvalue weighted by molar-refractivity contribution is -0.0191. The molecule has 3 aromatic rings. The summed E-state index contributed by atoms with van der Waals surface area (Å²) in [7, 11) is 0. The van der Waals surface area contributed by atoms with Crippen LogP contribution >= 0.6 is 0 Å². The van der Waals surface area contributed by atoms with Crippen molar-refractivity contribution in [2.24, 2.45) is 5.92 Å². The van der Waals surface area contributed by atoms with Gasteiger partial charge in [-0.15, -0.1) is 6.58 Å². The minimum atomic E-state index is -0.986. The van der Waals surface area contributed by atoms with Crippen molar-refractivity contribution in [1.29, 1.82) is 0 Å². The summed E-state index contributed by atoms with van der Waals surface area (Å²) in [6.45, 7) is 6.94. The maximum atomic E-state index is 15.1. The molecule has 0 spiro atoms. The van der Waals surface area contributed by atoms with Crippen molar-refractivity contribution >= 4 is 0 Å². The topological polar surface area (TPSA) is 18.5 Å². The summed E-state index contributed by atoms with van der Waals surface area (Å²) >= 11 is 0. The third-order valence-electron chi connectivity index (χ3n) is 7.32. The maximum absolute atomic E-state index is 15.1. The standard InChI is InChI=1S/C33H37F3O2/c1-3-5-7-8-20-37-31-19-17-28(32(35)33(31)36)25-13-11-24(12-14-25)27-16-15-26(21-29(27)34)30-18-10-23(22-38-30)9-6-4-2/h4,11-17,19,21,23,30H,2-3,5-10,18,20,22H2,1H3. The van der Waals surface area contributed by atoms with Crippen molar-refractivity contribution in [3.8, 4) is 28.0 Å². The molecule has 4 rings (SSSR count). The van der Waals surface area contributed by atoms with Gasteiger partial charge in [0.2, 0.25) is 5.82 Å². The van der Waals surface area contributed by atoms with E-state index < -0.39 is 11.6 Å². The summed E-state index contributed by atoms with van der Waals surface area (Å²) in [5, 5.41) is 0. The third-order valence-corrected chi connectivity index (χ3v) is 7.32. The van der Waals surface area contributed by atoms with Crippen LogP contribution in [0.1, 0.15) is 70.0 Å². The molecule has 38 heavy (non-hydrogen) atoms. The molecule has 0 aliphatic carbocycles. The molecule has 1 saturated heterocycles. The number of hydrogen-bond acceptors (Lipinski definition) is 2. The summed E-state index contributed by atoms with van der Waals surface area (Å²) in [5.41, 5.74) is 2.62. The van der Waals surface area contributed by atoms with E-state index in [1.165, 1.54) is 12.1 Å². The fraction of sp³-hybridized carbons (Fsp3) is 0.394. The van der Waals surface area contributed by atoms with Crippen LogP contribution in [0.2, 0.25) is 0 Å². The van der Waals surface area contributed by atoms with Gasteiger partial charge in [-0.3, -0.25) is 0 Å². The van der Waals surface area contributed by atoms with Gasteiger partial charge in [0.05, 0.1) is 19.3 Å². The first kappa shape index (κ1) is 28.0. The molecule has 2 unspecified atom stereocenters. The molecule has 1 heterocycles. The van der Waals surface area contributed by atoms with Gasteiger partial charge in [0.25, 0.3) is 0 Å². The molecule has 2 atom stereocenters. The van der Waals surface area contributed by atoms with Crippen molar-refractivity contribution in [2.45, 2.75) is 64.4 Å². The molecule has 1 fully saturated rings. The molecule has 3 aromatic carbocycles. The van der Waals surface area contributed by atoms with Crippen LogP contribution in [0.5, 0.6) is 5.75 Å². The summed E-state index contributed by atoms with van der Waals surface area (Å²) in [4.78, 5) is 0. The fourth-order valence-electron chi connectivity index (χ4n) is 5.02. The lowest BCUT2D eigenvalue weighted by Gasteiger charge is -2.29. The Morgan fingerprint density at radius 3 is 2.29 bits per heavy atom. The predicted octanol–water partition coefficient (Wildman–Crippen LogP) is 9.83. The Hall–Kier alpha value is -3.05. The highest BCUT2D eigenvalue weighted by atomic mass is 19.2. The van der Waals surface area contributed by atoms with Crippen molar-refractivity contribution in [1.82, 2.24) is 0 Å². The molecule has 202 valence electrons. The van der Waals surface area contributed by atoms with Gasteiger partial charge in [-0.05, 0) is 72.9 Å². The number of halogens is 3. The van der Waals surface area contributed by atoms with Gasteiger partial charge in [0.15, 0.2) is 11.6 Å². The SMILES string of the molecule is C=CCCC1CCC(c2ccc(-c3ccc(-c4ccc(OCCCCCC)c(F)c4F)cc3)c(F)c2)OC1. The number of allylic oxidation sites excluding steroid dienone is 1. The van der Waals surface area contributed by atoms with Gasteiger partial charge in [0, 0.05) is 11.1 Å². The summed E-state index contributed by atoms with van der Waals surface area (Å²) in [5.74, 6) is -1.80. The minimum absolute atomic E-state index is 0.0734. The van der Waals surface area contributed by atoms with Crippen molar-refractivity contribution in [3.63, 3.8) is 0 Å². The second-order valence-electron chi connectivity index (χ2n) is 10.1. The second kappa shape index (κ2) is 13.7. The van der Waals surface area contributed by atoms with Crippen LogP contribution in [0, 0.1) is 23.4 Å². The average Bonchev–Trinajstić information content (AvgIpc) is 2.94.